The van der Waals surface area contributed by atoms with Crippen LogP contribution >= 0.6 is 0 Å². The molecule has 2 saturated heterocycles. The van der Waals surface area contributed by atoms with Crippen LogP contribution in [0.1, 0.15) is 41.6 Å². The normalized spacial score (nSPS) is 17.1. The van der Waals surface area contributed by atoms with Gasteiger partial charge < -0.3 is 20.3 Å². The zero-order valence-corrected chi connectivity index (χ0v) is 21.3. The van der Waals surface area contributed by atoms with Gasteiger partial charge in [-0.05, 0) is 36.5 Å². The van der Waals surface area contributed by atoms with Crippen LogP contribution in [0, 0.1) is 11.3 Å². The number of nitrogens with zero attached hydrogens (tertiary/aromatic N) is 3. The number of carbonyl (C=O) groups is 5. The molecule has 1 aromatic heterocycles. The maximum atomic E-state index is 13.3. The van der Waals surface area contributed by atoms with Crippen molar-refractivity contribution in [1.29, 1.82) is 5.26 Å². The van der Waals surface area contributed by atoms with Crippen molar-refractivity contribution >= 4 is 51.8 Å². The molecule has 0 bridgehead atoms. The number of anilines is 1. The van der Waals surface area contributed by atoms with Gasteiger partial charge in [-0.2, -0.15) is 5.26 Å². The van der Waals surface area contributed by atoms with Gasteiger partial charge in [-0.25, -0.2) is 9.69 Å². The molecule has 0 radical (unpaired) electrons. The van der Waals surface area contributed by atoms with Gasteiger partial charge in [0.25, 0.3) is 17.6 Å². The van der Waals surface area contributed by atoms with E-state index in [1.807, 2.05) is 30.3 Å². The highest BCUT2D eigenvalue weighted by Gasteiger charge is 2.40. The SMILES string of the molecule is N#CC(=C1CCN(C(=O)C(=O)c2c[nH]c3c(N4C(=O)N[C@@H](CCC(=O)O)C4=O)cccc23)CC1)c1ccccc1. The van der Waals surface area contributed by atoms with Gasteiger partial charge in [-0.1, -0.05) is 42.5 Å². The Morgan fingerprint density at radius 2 is 1.75 bits per heavy atom. The highest BCUT2D eigenvalue weighted by atomic mass is 16.4. The molecule has 0 unspecified atom stereocenters. The quantitative estimate of drug-likeness (QED) is 0.180. The number of imide groups is 1. The van der Waals surface area contributed by atoms with Gasteiger partial charge in [0.1, 0.15) is 6.04 Å². The molecule has 202 valence electrons. The first-order valence-corrected chi connectivity index (χ1v) is 12.8. The molecule has 3 N–H and O–H groups in total. The van der Waals surface area contributed by atoms with Crippen molar-refractivity contribution in [2.75, 3.05) is 18.0 Å². The first kappa shape index (κ1) is 26.4. The number of para-hydroxylation sites is 1. The topological polar surface area (TPSA) is 164 Å². The van der Waals surface area contributed by atoms with E-state index in [1.54, 1.807) is 12.1 Å². The van der Waals surface area contributed by atoms with Gasteiger partial charge in [-0.15, -0.1) is 0 Å². The number of likely N-dealkylation sites (tertiary alicyclic amines) is 1. The number of Topliss-reactive ketones (excluding diaryl/α,β-unsaturated/α-hetero) is 1. The minimum absolute atomic E-state index is 0.0523. The summed E-state index contributed by atoms with van der Waals surface area (Å²) < 4.78 is 0. The van der Waals surface area contributed by atoms with Crippen LogP contribution in [0.2, 0.25) is 0 Å². The number of nitrogens with one attached hydrogen (secondary N) is 2. The lowest BCUT2D eigenvalue weighted by Crippen LogP contribution is -2.40. The van der Waals surface area contributed by atoms with Crippen molar-refractivity contribution in [3.8, 4) is 6.07 Å². The lowest BCUT2D eigenvalue weighted by molar-refractivity contribution is -0.137. The Hall–Kier alpha value is -5.24. The van der Waals surface area contributed by atoms with E-state index in [0.717, 1.165) is 16.0 Å². The van der Waals surface area contributed by atoms with Crippen LogP contribution in [0.25, 0.3) is 16.5 Å². The van der Waals surface area contributed by atoms with Gasteiger partial charge in [0.05, 0.1) is 28.4 Å². The number of benzene rings is 2. The maximum Gasteiger partial charge on any atom is 0.329 e. The fourth-order valence-electron chi connectivity index (χ4n) is 5.18. The molecule has 0 aliphatic carbocycles. The third kappa shape index (κ3) is 4.82. The van der Waals surface area contributed by atoms with E-state index >= 15 is 0 Å². The second kappa shape index (κ2) is 10.9. The van der Waals surface area contributed by atoms with E-state index < -0.39 is 35.6 Å². The largest absolute Gasteiger partial charge is 0.481 e. The number of urea groups is 1. The van der Waals surface area contributed by atoms with Crippen LogP contribution in [0.5, 0.6) is 0 Å². The first-order chi connectivity index (χ1) is 19.3. The number of rotatable bonds is 7. The van der Waals surface area contributed by atoms with E-state index in [1.165, 1.54) is 17.2 Å². The van der Waals surface area contributed by atoms with Crippen molar-refractivity contribution in [3.05, 3.63) is 71.4 Å². The number of ketones is 1. The fraction of sp³-hybridized carbons (Fsp3) is 0.241. The summed E-state index contributed by atoms with van der Waals surface area (Å²) >= 11 is 0. The molecule has 0 spiro atoms. The van der Waals surface area contributed by atoms with Crippen molar-refractivity contribution in [3.63, 3.8) is 0 Å². The summed E-state index contributed by atoms with van der Waals surface area (Å²) in [5.74, 6) is -3.08. The fourth-order valence-corrected chi connectivity index (χ4v) is 5.18. The molecule has 2 fully saturated rings. The van der Waals surface area contributed by atoms with Crippen LogP contribution in [0.15, 0.2) is 60.3 Å². The number of aromatic amines is 1. The summed E-state index contributed by atoms with van der Waals surface area (Å²) in [4.78, 5) is 68.2. The molecule has 11 nitrogen and oxygen atoms in total. The molecule has 40 heavy (non-hydrogen) atoms. The summed E-state index contributed by atoms with van der Waals surface area (Å²) in [6.07, 6.45) is 2.00. The van der Waals surface area contributed by atoms with E-state index in [9.17, 15) is 29.2 Å². The average Bonchev–Trinajstić information content (AvgIpc) is 3.52. The van der Waals surface area contributed by atoms with Crippen molar-refractivity contribution in [1.82, 2.24) is 15.2 Å². The third-order valence-corrected chi connectivity index (χ3v) is 7.22. The Balaban J connectivity index is 1.34. The number of hydrogen-bond donors (Lipinski definition) is 3. The Kier molecular flexibility index (Phi) is 7.16. The minimum Gasteiger partial charge on any atom is -0.481 e. The van der Waals surface area contributed by atoms with Gasteiger partial charge in [-0.3, -0.25) is 19.2 Å². The smallest absolute Gasteiger partial charge is 0.329 e. The average molecular weight is 540 g/mol. The number of piperidine rings is 1. The van der Waals surface area contributed by atoms with Crippen LogP contribution < -0.4 is 10.2 Å². The Labute approximate surface area is 228 Å². The van der Waals surface area contributed by atoms with Gasteiger partial charge >= 0.3 is 12.0 Å². The number of aliphatic carboxylic acids is 1. The molecule has 2 aromatic carbocycles. The van der Waals surface area contributed by atoms with Crippen LogP contribution in [0.4, 0.5) is 10.5 Å². The predicted molar refractivity (Wildman–Crippen MR) is 144 cm³/mol. The zero-order chi connectivity index (χ0) is 28.4. The van der Waals surface area contributed by atoms with Crippen molar-refractivity contribution in [2.24, 2.45) is 0 Å². The lowest BCUT2D eigenvalue weighted by Gasteiger charge is -2.28. The molecule has 4 amide bonds. The number of amides is 4. The standard InChI is InChI=1S/C29H25N5O6/c30-15-20(17-5-2-1-3-6-17)18-11-13-33(14-12-18)28(39)26(37)21-16-31-25-19(21)7-4-8-23(25)34-27(38)22(32-29(34)40)9-10-24(35)36/h1-8,16,22,31H,9-14H2,(H,32,40)(H,35,36)/t22-/m0/s1. The lowest BCUT2D eigenvalue weighted by atomic mass is 9.93. The first-order valence-electron chi connectivity index (χ1n) is 12.8. The summed E-state index contributed by atoms with van der Waals surface area (Å²) in [5.41, 5.74) is 2.99. The Morgan fingerprint density at radius 3 is 2.42 bits per heavy atom. The van der Waals surface area contributed by atoms with Crippen molar-refractivity contribution < 1.29 is 29.1 Å². The van der Waals surface area contributed by atoms with E-state index in [2.05, 4.69) is 16.4 Å². The Morgan fingerprint density at radius 1 is 1.02 bits per heavy atom. The van der Waals surface area contributed by atoms with E-state index in [-0.39, 0.29) is 24.1 Å². The molecule has 0 saturated carbocycles. The molecule has 2 aliphatic heterocycles. The Bertz CT molecular complexity index is 1610. The molecule has 2 aliphatic rings. The third-order valence-electron chi connectivity index (χ3n) is 7.22. The van der Waals surface area contributed by atoms with Gasteiger partial charge in [0, 0.05) is 31.1 Å². The number of fused-ring (bicyclic) bond motifs is 1. The molecule has 11 heteroatoms. The predicted octanol–water partition coefficient (Wildman–Crippen LogP) is 3.24. The summed E-state index contributed by atoms with van der Waals surface area (Å²) in [7, 11) is 0. The number of hydrogen-bond acceptors (Lipinski definition) is 6. The van der Waals surface area contributed by atoms with Gasteiger partial charge in [0.15, 0.2) is 0 Å². The number of H-pyrrole nitrogens is 1. The number of carboxylic acid groups (broad SMARTS) is 1. The number of carboxylic acids is 1. The van der Waals surface area contributed by atoms with Crippen LogP contribution in [0.3, 0.4) is 0 Å². The molecule has 5 rings (SSSR count). The number of nitriles is 1. The molecule has 3 heterocycles. The highest BCUT2D eigenvalue weighted by Crippen LogP contribution is 2.32. The monoisotopic (exact) mass is 539 g/mol. The number of carbonyl (C=O) groups excluding carboxylic acids is 4. The van der Waals surface area contributed by atoms with Gasteiger partial charge in [0.2, 0.25) is 0 Å². The summed E-state index contributed by atoms with van der Waals surface area (Å²) in [6, 6.07) is 14.7. The molecular weight excluding hydrogens is 514 g/mol. The molecule has 3 aromatic rings. The second-order valence-electron chi connectivity index (χ2n) is 9.59. The van der Waals surface area contributed by atoms with E-state index in [0.29, 0.717) is 42.4 Å². The molecular formula is C29H25N5O6. The number of allylic oxidation sites excluding steroid dienone is 1. The highest BCUT2D eigenvalue weighted by molar-refractivity contribution is 6.45. The summed E-state index contributed by atoms with van der Waals surface area (Å²) in [6.45, 7) is 0.595. The summed E-state index contributed by atoms with van der Waals surface area (Å²) in [5, 5.41) is 21.5. The maximum absolute atomic E-state index is 13.3. The van der Waals surface area contributed by atoms with Crippen LogP contribution in [-0.2, 0) is 14.4 Å². The van der Waals surface area contributed by atoms with E-state index in [4.69, 9.17) is 5.11 Å². The second-order valence-corrected chi connectivity index (χ2v) is 9.59. The minimum atomic E-state index is -1.08. The van der Waals surface area contributed by atoms with Crippen molar-refractivity contribution in [2.45, 2.75) is 31.7 Å². The zero-order valence-electron chi connectivity index (χ0n) is 21.3. The van der Waals surface area contributed by atoms with Crippen LogP contribution in [-0.4, -0.2) is 63.7 Å². The molecule has 1 atom stereocenters. The number of aromatic nitrogens is 1.